The number of para-hydroxylation sites is 1. The highest BCUT2D eigenvalue weighted by Crippen LogP contribution is 2.27. The smallest absolute Gasteiger partial charge is 0.193 e. The van der Waals surface area contributed by atoms with Crippen molar-refractivity contribution >= 4 is 5.96 Å². The van der Waals surface area contributed by atoms with Crippen molar-refractivity contribution in [3.05, 3.63) is 42.5 Å². The number of allylic oxidation sites excluding steroid dienone is 1. The standard InChI is InChI=1S/C17H25N3O/c1-4-5-8-11-20(3)17(18-2)19-13-15-12-14-9-6-7-10-16(14)21-15/h4,6-7,9-10,15H,1,5,8,11-13H2,2-3H3,(H,18,19). The Bertz CT molecular complexity index is 474. The summed E-state index contributed by atoms with van der Waals surface area (Å²) in [4.78, 5) is 6.47. The third-order valence-corrected chi connectivity index (χ3v) is 3.68. The highest BCUT2D eigenvalue weighted by Gasteiger charge is 2.22. The van der Waals surface area contributed by atoms with Gasteiger partial charge in [0.05, 0.1) is 6.54 Å². The number of ether oxygens (including phenoxy) is 1. The number of unbranched alkanes of at least 4 members (excludes halogenated alkanes) is 1. The highest BCUT2D eigenvalue weighted by atomic mass is 16.5. The second-order valence-electron chi connectivity index (χ2n) is 5.33. The zero-order valence-electron chi connectivity index (χ0n) is 13.0. The minimum Gasteiger partial charge on any atom is -0.488 e. The van der Waals surface area contributed by atoms with Gasteiger partial charge in [-0.25, -0.2) is 0 Å². The van der Waals surface area contributed by atoms with Crippen LogP contribution in [0.15, 0.2) is 41.9 Å². The molecular weight excluding hydrogens is 262 g/mol. The van der Waals surface area contributed by atoms with Gasteiger partial charge in [0.1, 0.15) is 11.9 Å². The first-order valence-electron chi connectivity index (χ1n) is 7.52. The summed E-state index contributed by atoms with van der Waals surface area (Å²) >= 11 is 0. The van der Waals surface area contributed by atoms with Crippen LogP contribution in [0.25, 0.3) is 0 Å². The van der Waals surface area contributed by atoms with Crippen LogP contribution in [0.1, 0.15) is 18.4 Å². The van der Waals surface area contributed by atoms with Crippen molar-refractivity contribution in [3.8, 4) is 5.75 Å². The quantitative estimate of drug-likeness (QED) is 0.378. The predicted molar refractivity (Wildman–Crippen MR) is 88.0 cm³/mol. The Kier molecular flexibility index (Phi) is 5.67. The normalized spacial score (nSPS) is 17.0. The van der Waals surface area contributed by atoms with Gasteiger partial charge in [-0.3, -0.25) is 4.99 Å². The Labute approximate surface area is 127 Å². The van der Waals surface area contributed by atoms with Crippen LogP contribution in [0.2, 0.25) is 0 Å². The van der Waals surface area contributed by atoms with Crippen molar-refractivity contribution in [2.45, 2.75) is 25.4 Å². The molecule has 0 spiro atoms. The fourth-order valence-electron chi connectivity index (χ4n) is 2.54. The van der Waals surface area contributed by atoms with Crippen molar-refractivity contribution in [1.82, 2.24) is 10.2 Å². The molecule has 1 unspecified atom stereocenters. The van der Waals surface area contributed by atoms with Gasteiger partial charge in [-0.2, -0.15) is 0 Å². The maximum atomic E-state index is 5.93. The number of fused-ring (bicyclic) bond motifs is 1. The minimum atomic E-state index is 0.181. The molecule has 0 saturated heterocycles. The van der Waals surface area contributed by atoms with E-state index in [1.165, 1.54) is 5.56 Å². The van der Waals surface area contributed by atoms with Crippen LogP contribution < -0.4 is 10.1 Å². The van der Waals surface area contributed by atoms with Gasteiger partial charge in [0.15, 0.2) is 5.96 Å². The molecule has 4 heteroatoms. The lowest BCUT2D eigenvalue weighted by atomic mass is 10.1. The lowest BCUT2D eigenvalue weighted by Gasteiger charge is -2.23. The third kappa shape index (κ3) is 4.25. The molecule has 1 heterocycles. The van der Waals surface area contributed by atoms with Gasteiger partial charge >= 0.3 is 0 Å². The average molecular weight is 287 g/mol. The SMILES string of the molecule is C=CCCCN(C)C(=NC)NCC1Cc2ccccc2O1. The van der Waals surface area contributed by atoms with E-state index in [0.717, 1.165) is 44.1 Å². The summed E-state index contributed by atoms with van der Waals surface area (Å²) in [7, 11) is 3.87. The number of nitrogens with zero attached hydrogens (tertiary/aromatic N) is 2. The minimum absolute atomic E-state index is 0.181. The van der Waals surface area contributed by atoms with Crippen molar-refractivity contribution < 1.29 is 4.74 Å². The van der Waals surface area contributed by atoms with Gasteiger partial charge < -0.3 is 15.0 Å². The zero-order valence-corrected chi connectivity index (χ0v) is 13.0. The Morgan fingerprint density at radius 1 is 1.52 bits per heavy atom. The van der Waals surface area contributed by atoms with E-state index in [9.17, 15) is 0 Å². The van der Waals surface area contributed by atoms with E-state index in [-0.39, 0.29) is 6.10 Å². The van der Waals surface area contributed by atoms with Crippen molar-refractivity contribution in [2.24, 2.45) is 4.99 Å². The van der Waals surface area contributed by atoms with Gasteiger partial charge in [-0.1, -0.05) is 24.3 Å². The van der Waals surface area contributed by atoms with Gasteiger partial charge in [0.25, 0.3) is 0 Å². The lowest BCUT2D eigenvalue weighted by Crippen LogP contribution is -2.43. The molecule has 1 aromatic rings. The molecule has 0 fully saturated rings. The number of hydrogen-bond acceptors (Lipinski definition) is 2. The first kappa shape index (κ1) is 15.4. The van der Waals surface area contributed by atoms with Gasteiger partial charge in [-0.15, -0.1) is 6.58 Å². The summed E-state index contributed by atoms with van der Waals surface area (Å²) in [5.74, 6) is 1.93. The number of rotatable bonds is 6. The molecule has 4 nitrogen and oxygen atoms in total. The van der Waals surface area contributed by atoms with E-state index in [2.05, 4.69) is 41.0 Å². The van der Waals surface area contributed by atoms with Crippen LogP contribution in [0.3, 0.4) is 0 Å². The summed E-state index contributed by atoms with van der Waals surface area (Å²) in [6.45, 7) is 5.49. The molecule has 0 radical (unpaired) electrons. The van der Waals surface area contributed by atoms with Crippen molar-refractivity contribution in [2.75, 3.05) is 27.2 Å². The number of guanidine groups is 1. The maximum absolute atomic E-state index is 5.93. The predicted octanol–water partition coefficient (Wildman–Crippen LogP) is 2.46. The lowest BCUT2D eigenvalue weighted by molar-refractivity contribution is 0.233. The molecule has 0 amide bonds. The van der Waals surface area contributed by atoms with Crippen LogP contribution >= 0.6 is 0 Å². The molecule has 114 valence electrons. The molecular formula is C17H25N3O. The summed E-state index contributed by atoms with van der Waals surface area (Å²) in [6, 6.07) is 8.24. The molecule has 0 bridgehead atoms. The summed E-state index contributed by atoms with van der Waals surface area (Å²) < 4.78 is 5.93. The van der Waals surface area contributed by atoms with E-state index in [1.807, 2.05) is 25.3 Å². The maximum Gasteiger partial charge on any atom is 0.193 e. The third-order valence-electron chi connectivity index (χ3n) is 3.68. The number of hydrogen-bond donors (Lipinski definition) is 1. The Hall–Kier alpha value is -1.97. The first-order chi connectivity index (χ1) is 10.2. The van der Waals surface area contributed by atoms with Crippen LogP contribution in [-0.2, 0) is 6.42 Å². The summed E-state index contributed by atoms with van der Waals surface area (Å²) in [6.07, 6.45) is 5.21. The van der Waals surface area contributed by atoms with E-state index in [1.54, 1.807) is 0 Å². The molecule has 1 atom stereocenters. The van der Waals surface area contributed by atoms with Crippen LogP contribution in [-0.4, -0.2) is 44.1 Å². The van der Waals surface area contributed by atoms with E-state index < -0.39 is 0 Å². The van der Waals surface area contributed by atoms with Gasteiger partial charge in [0, 0.05) is 27.1 Å². The molecule has 0 saturated carbocycles. The Morgan fingerprint density at radius 3 is 3.05 bits per heavy atom. The molecule has 1 N–H and O–H groups in total. The van der Waals surface area contributed by atoms with Crippen molar-refractivity contribution in [1.29, 1.82) is 0 Å². The Balaban J connectivity index is 1.78. The second-order valence-corrected chi connectivity index (χ2v) is 5.33. The first-order valence-corrected chi connectivity index (χ1v) is 7.52. The molecule has 1 aromatic carbocycles. The zero-order chi connectivity index (χ0) is 15.1. The van der Waals surface area contributed by atoms with Crippen LogP contribution in [0.4, 0.5) is 0 Å². The highest BCUT2D eigenvalue weighted by molar-refractivity contribution is 5.79. The van der Waals surface area contributed by atoms with E-state index in [4.69, 9.17) is 4.74 Å². The van der Waals surface area contributed by atoms with Crippen molar-refractivity contribution in [3.63, 3.8) is 0 Å². The van der Waals surface area contributed by atoms with Gasteiger partial charge in [-0.05, 0) is 24.5 Å². The summed E-state index contributed by atoms with van der Waals surface area (Å²) in [5.41, 5.74) is 1.29. The molecule has 0 aromatic heterocycles. The van der Waals surface area contributed by atoms with Crippen LogP contribution in [0.5, 0.6) is 5.75 Å². The average Bonchev–Trinajstić information content (AvgIpc) is 2.91. The number of nitrogens with one attached hydrogen (secondary N) is 1. The molecule has 0 aliphatic carbocycles. The Morgan fingerprint density at radius 2 is 2.33 bits per heavy atom. The monoisotopic (exact) mass is 287 g/mol. The van der Waals surface area contributed by atoms with Gasteiger partial charge in [0.2, 0.25) is 0 Å². The molecule has 21 heavy (non-hydrogen) atoms. The number of benzene rings is 1. The molecule has 1 aliphatic heterocycles. The molecule has 2 rings (SSSR count). The second kappa shape index (κ2) is 7.72. The fraction of sp³-hybridized carbons (Fsp3) is 0.471. The van der Waals surface area contributed by atoms with Crippen LogP contribution in [0, 0.1) is 0 Å². The largest absolute Gasteiger partial charge is 0.488 e. The summed E-state index contributed by atoms with van der Waals surface area (Å²) in [5, 5.41) is 3.40. The fourth-order valence-corrected chi connectivity index (χ4v) is 2.54. The van der Waals surface area contributed by atoms with E-state index >= 15 is 0 Å². The number of aliphatic imine (C=N–C) groups is 1. The molecule has 1 aliphatic rings. The topological polar surface area (TPSA) is 36.9 Å². The van der Waals surface area contributed by atoms with E-state index in [0.29, 0.717) is 0 Å².